The molecule has 0 saturated heterocycles. The van der Waals surface area contributed by atoms with Gasteiger partial charge in [-0.1, -0.05) is 32.6 Å². The summed E-state index contributed by atoms with van der Waals surface area (Å²) >= 11 is 0. The molecule has 3 nitrogen and oxygen atoms in total. The normalized spacial score (nSPS) is 22.6. The standard InChI is InChI=1S/C12H26N2O/c1-3-7-11(14-13)12(15-2)10-8-5-4-6-9-10/h10-12,14H,3-9,13H2,1-2H3. The van der Waals surface area contributed by atoms with Gasteiger partial charge in [0.15, 0.2) is 0 Å². The monoisotopic (exact) mass is 214 g/mol. The van der Waals surface area contributed by atoms with Crippen molar-refractivity contribution in [2.75, 3.05) is 7.11 Å². The number of hydrazine groups is 1. The fourth-order valence-corrected chi connectivity index (χ4v) is 2.80. The van der Waals surface area contributed by atoms with Crippen molar-refractivity contribution in [3.05, 3.63) is 0 Å². The maximum Gasteiger partial charge on any atom is 0.0765 e. The second-order valence-corrected chi connectivity index (χ2v) is 4.66. The summed E-state index contributed by atoms with van der Waals surface area (Å²) in [6.07, 6.45) is 9.27. The smallest absolute Gasteiger partial charge is 0.0765 e. The molecule has 0 spiro atoms. The van der Waals surface area contributed by atoms with E-state index in [0.29, 0.717) is 18.1 Å². The van der Waals surface area contributed by atoms with Crippen LogP contribution in [-0.4, -0.2) is 19.3 Å². The second-order valence-electron chi connectivity index (χ2n) is 4.66. The largest absolute Gasteiger partial charge is 0.379 e. The Morgan fingerprint density at radius 1 is 1.33 bits per heavy atom. The molecular weight excluding hydrogens is 188 g/mol. The highest BCUT2D eigenvalue weighted by atomic mass is 16.5. The Kier molecular flexibility index (Phi) is 6.22. The van der Waals surface area contributed by atoms with E-state index < -0.39 is 0 Å². The highest BCUT2D eigenvalue weighted by molar-refractivity contribution is 4.83. The molecule has 90 valence electrons. The molecule has 1 saturated carbocycles. The number of rotatable bonds is 6. The maximum absolute atomic E-state index is 5.65. The van der Waals surface area contributed by atoms with Gasteiger partial charge in [0.25, 0.3) is 0 Å². The molecule has 3 N–H and O–H groups in total. The van der Waals surface area contributed by atoms with Crippen LogP contribution in [-0.2, 0) is 4.74 Å². The van der Waals surface area contributed by atoms with Crippen molar-refractivity contribution in [1.29, 1.82) is 0 Å². The van der Waals surface area contributed by atoms with E-state index in [1.54, 1.807) is 0 Å². The van der Waals surface area contributed by atoms with E-state index in [9.17, 15) is 0 Å². The highest BCUT2D eigenvalue weighted by Gasteiger charge is 2.29. The third-order valence-electron chi connectivity index (χ3n) is 3.60. The minimum absolute atomic E-state index is 0.301. The van der Waals surface area contributed by atoms with Gasteiger partial charge >= 0.3 is 0 Å². The van der Waals surface area contributed by atoms with Gasteiger partial charge in [0, 0.05) is 13.2 Å². The summed E-state index contributed by atoms with van der Waals surface area (Å²) in [4.78, 5) is 0. The molecule has 0 heterocycles. The predicted octanol–water partition coefficient (Wildman–Crippen LogP) is 2.21. The fraction of sp³-hybridized carbons (Fsp3) is 1.00. The van der Waals surface area contributed by atoms with Crippen molar-refractivity contribution >= 4 is 0 Å². The van der Waals surface area contributed by atoms with E-state index in [2.05, 4.69) is 12.3 Å². The maximum atomic E-state index is 5.65. The second kappa shape index (κ2) is 7.20. The number of nitrogens with one attached hydrogen (secondary N) is 1. The first-order valence-corrected chi connectivity index (χ1v) is 6.32. The van der Waals surface area contributed by atoms with Crippen LogP contribution in [0.2, 0.25) is 0 Å². The van der Waals surface area contributed by atoms with Gasteiger partial charge in [-0.15, -0.1) is 0 Å². The predicted molar refractivity (Wildman–Crippen MR) is 63.4 cm³/mol. The van der Waals surface area contributed by atoms with Gasteiger partial charge < -0.3 is 4.74 Å². The van der Waals surface area contributed by atoms with Gasteiger partial charge in [-0.3, -0.25) is 11.3 Å². The number of hydrogen-bond donors (Lipinski definition) is 2. The van der Waals surface area contributed by atoms with Gasteiger partial charge in [0.05, 0.1) is 6.10 Å². The number of ether oxygens (including phenoxy) is 1. The molecule has 0 aromatic heterocycles. The first-order valence-electron chi connectivity index (χ1n) is 6.32. The fourth-order valence-electron chi connectivity index (χ4n) is 2.80. The summed E-state index contributed by atoms with van der Waals surface area (Å²) in [6.45, 7) is 2.19. The Balaban J connectivity index is 2.50. The molecule has 3 heteroatoms. The van der Waals surface area contributed by atoms with Crippen LogP contribution in [0.4, 0.5) is 0 Å². The summed E-state index contributed by atoms with van der Waals surface area (Å²) in [5.74, 6) is 6.32. The van der Waals surface area contributed by atoms with E-state index in [0.717, 1.165) is 12.8 Å². The van der Waals surface area contributed by atoms with Crippen LogP contribution in [0.15, 0.2) is 0 Å². The molecule has 1 aliphatic carbocycles. The Morgan fingerprint density at radius 3 is 2.47 bits per heavy atom. The first-order chi connectivity index (χ1) is 7.33. The lowest BCUT2D eigenvalue weighted by Gasteiger charge is -2.34. The van der Waals surface area contributed by atoms with Crippen LogP contribution in [0.5, 0.6) is 0 Å². The number of hydrogen-bond acceptors (Lipinski definition) is 3. The third kappa shape index (κ3) is 3.74. The van der Waals surface area contributed by atoms with Crippen molar-refractivity contribution in [1.82, 2.24) is 5.43 Å². The molecule has 0 bridgehead atoms. The summed E-state index contributed by atoms with van der Waals surface area (Å²) in [6, 6.07) is 0.322. The SMILES string of the molecule is CCCC(NN)C(OC)C1CCCCC1. The van der Waals surface area contributed by atoms with E-state index >= 15 is 0 Å². The molecule has 0 aromatic rings. The van der Waals surface area contributed by atoms with Gasteiger partial charge in [-0.2, -0.15) is 0 Å². The summed E-state index contributed by atoms with van der Waals surface area (Å²) in [7, 11) is 1.82. The van der Waals surface area contributed by atoms with Crippen LogP contribution in [0.3, 0.4) is 0 Å². The van der Waals surface area contributed by atoms with Crippen LogP contribution < -0.4 is 11.3 Å². The molecule has 15 heavy (non-hydrogen) atoms. The van der Waals surface area contributed by atoms with Gasteiger partial charge in [-0.05, 0) is 25.2 Å². The average Bonchev–Trinajstić information content (AvgIpc) is 2.30. The molecule has 0 radical (unpaired) electrons. The van der Waals surface area contributed by atoms with Crippen LogP contribution >= 0.6 is 0 Å². The average molecular weight is 214 g/mol. The van der Waals surface area contributed by atoms with E-state index in [4.69, 9.17) is 10.6 Å². The summed E-state index contributed by atoms with van der Waals surface area (Å²) in [5.41, 5.74) is 2.93. The Bertz CT molecular complexity index is 153. The number of methoxy groups -OCH3 is 1. The first kappa shape index (κ1) is 12.9. The van der Waals surface area contributed by atoms with Crippen LogP contribution in [0.1, 0.15) is 51.9 Å². The van der Waals surface area contributed by atoms with E-state index in [1.165, 1.54) is 32.1 Å². The van der Waals surface area contributed by atoms with E-state index in [1.807, 2.05) is 7.11 Å². The summed E-state index contributed by atoms with van der Waals surface area (Å²) < 4.78 is 5.65. The van der Waals surface area contributed by atoms with Gasteiger partial charge in [0.1, 0.15) is 0 Å². The van der Waals surface area contributed by atoms with Crippen LogP contribution in [0, 0.1) is 5.92 Å². The topological polar surface area (TPSA) is 47.3 Å². The zero-order chi connectivity index (χ0) is 11.1. The molecule has 1 fully saturated rings. The Hall–Kier alpha value is -0.120. The number of nitrogens with two attached hydrogens (primary N) is 1. The quantitative estimate of drug-likeness (QED) is 0.526. The molecule has 2 unspecified atom stereocenters. The Labute approximate surface area is 93.7 Å². The highest BCUT2D eigenvalue weighted by Crippen LogP contribution is 2.30. The van der Waals surface area contributed by atoms with Crippen molar-refractivity contribution in [3.63, 3.8) is 0 Å². The molecule has 1 rings (SSSR count). The lowest BCUT2D eigenvalue weighted by Crippen LogP contribution is -2.48. The van der Waals surface area contributed by atoms with Crippen molar-refractivity contribution in [3.8, 4) is 0 Å². The Morgan fingerprint density at radius 2 is 2.00 bits per heavy atom. The molecule has 0 amide bonds. The molecule has 1 aliphatic rings. The third-order valence-corrected chi connectivity index (χ3v) is 3.60. The van der Waals surface area contributed by atoms with Crippen molar-refractivity contribution in [2.45, 2.75) is 64.0 Å². The van der Waals surface area contributed by atoms with E-state index in [-0.39, 0.29) is 0 Å². The molecule has 0 aliphatic heterocycles. The van der Waals surface area contributed by atoms with Gasteiger partial charge in [-0.25, -0.2) is 0 Å². The zero-order valence-electron chi connectivity index (χ0n) is 10.2. The molecule has 2 atom stereocenters. The lowest BCUT2D eigenvalue weighted by atomic mass is 9.82. The zero-order valence-corrected chi connectivity index (χ0v) is 10.2. The minimum Gasteiger partial charge on any atom is -0.379 e. The van der Waals surface area contributed by atoms with Crippen molar-refractivity contribution < 1.29 is 4.74 Å². The summed E-state index contributed by atoms with van der Waals surface area (Å²) in [5, 5.41) is 0. The van der Waals surface area contributed by atoms with Crippen molar-refractivity contribution in [2.24, 2.45) is 11.8 Å². The van der Waals surface area contributed by atoms with Gasteiger partial charge in [0.2, 0.25) is 0 Å². The van der Waals surface area contributed by atoms with Crippen LogP contribution in [0.25, 0.3) is 0 Å². The lowest BCUT2D eigenvalue weighted by molar-refractivity contribution is 0.00591. The minimum atomic E-state index is 0.301. The molecule has 0 aromatic carbocycles. The molecular formula is C12H26N2O.